The normalized spacial score (nSPS) is 25.2. The molecule has 2 atom stereocenters. The molecule has 2 rings (SSSR count). The molecule has 1 saturated heterocycles. The second-order valence-corrected chi connectivity index (χ2v) is 4.89. The van der Waals surface area contributed by atoms with Crippen LogP contribution in [0, 0.1) is 0 Å². The van der Waals surface area contributed by atoms with Crippen molar-refractivity contribution in [3.63, 3.8) is 0 Å². The van der Waals surface area contributed by atoms with E-state index < -0.39 is 0 Å². The van der Waals surface area contributed by atoms with Crippen molar-refractivity contribution in [2.45, 2.75) is 25.4 Å². The Hall–Kier alpha value is -1.55. The molecule has 1 aliphatic rings. The second kappa shape index (κ2) is 5.40. The topological polar surface area (TPSA) is 49.6 Å². The molecular weight excluding hydrogens is 226 g/mol. The largest absolute Gasteiger partial charge is 0.356 e. The molecule has 4 heteroatoms. The third-order valence-electron chi connectivity index (χ3n) is 3.63. The van der Waals surface area contributed by atoms with Crippen LogP contribution in [-0.2, 0) is 4.79 Å². The predicted molar refractivity (Wildman–Crippen MR) is 73.5 cm³/mol. The molecule has 0 spiro atoms. The highest BCUT2D eigenvalue weighted by molar-refractivity contribution is 5.86. The summed E-state index contributed by atoms with van der Waals surface area (Å²) >= 11 is 0. The van der Waals surface area contributed by atoms with Gasteiger partial charge in [-0.25, -0.2) is 0 Å². The van der Waals surface area contributed by atoms with Crippen molar-refractivity contribution in [1.82, 2.24) is 4.90 Å². The van der Waals surface area contributed by atoms with Crippen LogP contribution >= 0.6 is 0 Å². The van der Waals surface area contributed by atoms with Gasteiger partial charge in [0, 0.05) is 31.9 Å². The third-order valence-corrected chi connectivity index (χ3v) is 3.63. The van der Waals surface area contributed by atoms with E-state index >= 15 is 0 Å². The zero-order valence-corrected chi connectivity index (χ0v) is 11.0. The van der Waals surface area contributed by atoms with E-state index in [1.807, 2.05) is 37.4 Å². The van der Waals surface area contributed by atoms with Gasteiger partial charge in [0.1, 0.15) is 6.04 Å². The number of carbonyl (C=O) groups is 1. The summed E-state index contributed by atoms with van der Waals surface area (Å²) in [4.78, 5) is 16.3. The molecule has 98 valence electrons. The average molecular weight is 247 g/mol. The summed E-state index contributed by atoms with van der Waals surface area (Å²) in [5, 5.41) is 0. The van der Waals surface area contributed by atoms with Gasteiger partial charge in [-0.1, -0.05) is 18.2 Å². The van der Waals surface area contributed by atoms with Gasteiger partial charge in [0.05, 0.1) is 0 Å². The van der Waals surface area contributed by atoms with Crippen LogP contribution in [0.15, 0.2) is 30.3 Å². The zero-order chi connectivity index (χ0) is 13.1. The number of likely N-dealkylation sites (N-methyl/N-ethyl adjacent to an activating group) is 1. The number of rotatable bonds is 2. The summed E-state index contributed by atoms with van der Waals surface area (Å²) in [6.45, 7) is 3.30. The monoisotopic (exact) mass is 247 g/mol. The Kier molecular flexibility index (Phi) is 3.87. The molecule has 1 heterocycles. The Bertz CT molecular complexity index is 407. The number of nitrogens with two attached hydrogens (primary N) is 1. The van der Waals surface area contributed by atoms with Crippen molar-refractivity contribution in [3.05, 3.63) is 30.3 Å². The molecule has 1 aliphatic heterocycles. The van der Waals surface area contributed by atoms with Gasteiger partial charge in [-0.3, -0.25) is 4.79 Å². The lowest BCUT2D eigenvalue weighted by atomic mass is 10.1. The van der Waals surface area contributed by atoms with E-state index in [1.54, 1.807) is 4.90 Å². The van der Waals surface area contributed by atoms with Crippen LogP contribution in [-0.4, -0.2) is 43.0 Å². The Balaban J connectivity index is 2.37. The highest BCUT2D eigenvalue weighted by Gasteiger charge is 2.33. The van der Waals surface area contributed by atoms with E-state index in [0.717, 1.165) is 18.7 Å². The molecule has 2 unspecified atom stereocenters. The molecular formula is C14H21N3O. The molecule has 2 N–H and O–H groups in total. The van der Waals surface area contributed by atoms with E-state index in [0.29, 0.717) is 12.6 Å². The Morgan fingerprint density at radius 3 is 2.61 bits per heavy atom. The fourth-order valence-corrected chi connectivity index (χ4v) is 2.56. The van der Waals surface area contributed by atoms with E-state index in [1.165, 1.54) is 0 Å². The van der Waals surface area contributed by atoms with Crippen molar-refractivity contribution in [2.24, 2.45) is 5.73 Å². The minimum absolute atomic E-state index is 0.116. The fraction of sp³-hybridized carbons (Fsp3) is 0.500. The van der Waals surface area contributed by atoms with Gasteiger partial charge >= 0.3 is 0 Å². The van der Waals surface area contributed by atoms with E-state index in [9.17, 15) is 4.79 Å². The van der Waals surface area contributed by atoms with Crippen molar-refractivity contribution in [2.75, 3.05) is 25.0 Å². The predicted octanol–water partition coefficient (Wildman–Crippen LogP) is 1.07. The maximum Gasteiger partial charge on any atom is 0.246 e. The van der Waals surface area contributed by atoms with Gasteiger partial charge in [0.25, 0.3) is 0 Å². The van der Waals surface area contributed by atoms with Gasteiger partial charge in [-0.2, -0.15) is 0 Å². The molecule has 0 aliphatic carbocycles. The fourth-order valence-electron chi connectivity index (χ4n) is 2.56. The number of para-hydroxylation sites is 1. The number of nitrogens with zero attached hydrogens (tertiary/aromatic N) is 2. The molecule has 0 aromatic heterocycles. The Labute approximate surface area is 108 Å². The molecule has 4 nitrogen and oxygen atoms in total. The van der Waals surface area contributed by atoms with Crippen LogP contribution in [0.2, 0.25) is 0 Å². The lowest BCUT2D eigenvalue weighted by Gasteiger charge is -2.35. The van der Waals surface area contributed by atoms with Crippen LogP contribution in [0.5, 0.6) is 0 Å². The van der Waals surface area contributed by atoms with Crippen molar-refractivity contribution < 1.29 is 4.79 Å². The van der Waals surface area contributed by atoms with Gasteiger partial charge in [-0.05, 0) is 25.5 Å². The van der Waals surface area contributed by atoms with E-state index in [4.69, 9.17) is 5.73 Å². The van der Waals surface area contributed by atoms with Crippen LogP contribution < -0.4 is 10.6 Å². The third kappa shape index (κ3) is 2.34. The summed E-state index contributed by atoms with van der Waals surface area (Å²) in [6.07, 6.45) is 0.966. The summed E-state index contributed by atoms with van der Waals surface area (Å²) in [7, 11) is 1.85. The molecule has 1 fully saturated rings. The first kappa shape index (κ1) is 12.9. The maximum atomic E-state index is 12.3. The van der Waals surface area contributed by atoms with Crippen molar-refractivity contribution >= 4 is 11.6 Å². The average Bonchev–Trinajstić information content (AvgIpc) is 2.51. The van der Waals surface area contributed by atoms with Crippen molar-refractivity contribution in [1.29, 1.82) is 0 Å². The number of hydrogen-bond acceptors (Lipinski definition) is 3. The molecule has 1 aromatic rings. The first-order valence-corrected chi connectivity index (χ1v) is 6.43. The highest BCUT2D eigenvalue weighted by atomic mass is 16.2. The van der Waals surface area contributed by atoms with Crippen LogP contribution in [0.25, 0.3) is 0 Å². The first-order chi connectivity index (χ1) is 8.65. The van der Waals surface area contributed by atoms with Crippen molar-refractivity contribution in [3.8, 4) is 0 Å². The Morgan fingerprint density at radius 1 is 1.33 bits per heavy atom. The molecule has 1 amide bonds. The van der Waals surface area contributed by atoms with E-state index in [2.05, 4.69) is 11.8 Å². The van der Waals surface area contributed by atoms with Crippen LogP contribution in [0.3, 0.4) is 0 Å². The molecule has 0 bridgehead atoms. The number of anilines is 1. The first-order valence-electron chi connectivity index (χ1n) is 6.43. The lowest BCUT2D eigenvalue weighted by Crippen LogP contribution is -2.51. The lowest BCUT2D eigenvalue weighted by molar-refractivity contribution is -0.130. The highest BCUT2D eigenvalue weighted by Crippen LogP contribution is 2.24. The van der Waals surface area contributed by atoms with Gasteiger partial charge in [-0.15, -0.1) is 0 Å². The minimum Gasteiger partial charge on any atom is -0.356 e. The quantitative estimate of drug-likeness (QED) is 0.850. The minimum atomic E-state index is -0.255. The number of hydrogen-bond donors (Lipinski definition) is 1. The molecule has 18 heavy (non-hydrogen) atoms. The number of benzene rings is 1. The summed E-state index contributed by atoms with van der Waals surface area (Å²) < 4.78 is 0. The molecule has 0 saturated carbocycles. The summed E-state index contributed by atoms with van der Waals surface area (Å²) in [5.41, 5.74) is 6.90. The SMILES string of the molecule is CC1CCN(C)C(=O)C(CN)N1c1ccccc1. The number of amides is 1. The second-order valence-electron chi connectivity index (χ2n) is 4.89. The summed E-state index contributed by atoms with van der Waals surface area (Å²) in [5.74, 6) is 0.116. The Morgan fingerprint density at radius 2 is 2.00 bits per heavy atom. The van der Waals surface area contributed by atoms with E-state index in [-0.39, 0.29) is 11.9 Å². The van der Waals surface area contributed by atoms with Crippen LogP contribution in [0.4, 0.5) is 5.69 Å². The van der Waals surface area contributed by atoms with Gasteiger partial charge < -0.3 is 15.5 Å². The summed E-state index contributed by atoms with van der Waals surface area (Å²) in [6, 6.07) is 10.1. The van der Waals surface area contributed by atoms with Gasteiger partial charge in [0.2, 0.25) is 5.91 Å². The van der Waals surface area contributed by atoms with Crippen LogP contribution in [0.1, 0.15) is 13.3 Å². The maximum absolute atomic E-state index is 12.3. The van der Waals surface area contributed by atoms with Gasteiger partial charge in [0.15, 0.2) is 0 Å². The molecule has 1 aromatic carbocycles. The zero-order valence-electron chi connectivity index (χ0n) is 11.0. The number of carbonyl (C=O) groups excluding carboxylic acids is 1. The standard InChI is InChI=1S/C14H21N3O/c1-11-8-9-16(2)14(18)13(10-15)17(11)12-6-4-3-5-7-12/h3-7,11,13H,8-10,15H2,1-2H3. The molecule has 0 radical (unpaired) electrons. The smallest absolute Gasteiger partial charge is 0.246 e.